The Morgan fingerprint density at radius 3 is 2.46 bits per heavy atom. The maximum absolute atomic E-state index is 12.3. The van der Waals surface area contributed by atoms with Crippen molar-refractivity contribution in [1.29, 1.82) is 0 Å². The summed E-state index contributed by atoms with van der Waals surface area (Å²) in [5.41, 5.74) is 3.63. The van der Waals surface area contributed by atoms with Crippen LogP contribution in [0.3, 0.4) is 0 Å². The van der Waals surface area contributed by atoms with Crippen molar-refractivity contribution in [3.8, 4) is 5.75 Å². The molecule has 4 aromatic rings. The molecule has 0 aliphatic heterocycles. The molecule has 0 unspecified atom stereocenters. The van der Waals surface area contributed by atoms with E-state index in [0.717, 1.165) is 21.1 Å². The number of hydrogen-bond acceptors (Lipinski definition) is 5. The maximum Gasteiger partial charge on any atom is 0.353 e. The third kappa shape index (κ3) is 2.57. The molecule has 0 amide bonds. The predicted octanol–water partition coefficient (Wildman–Crippen LogP) is 5.13. The van der Waals surface area contributed by atoms with Crippen molar-refractivity contribution in [3.63, 3.8) is 0 Å². The first-order valence-electron chi connectivity index (χ1n) is 7.25. The molecule has 0 radical (unpaired) electrons. The largest absolute Gasteiger partial charge is 0.420 e. The summed E-state index contributed by atoms with van der Waals surface area (Å²) >= 11 is 4.88. The number of benzene rings is 2. The third-order valence-electron chi connectivity index (χ3n) is 3.63. The smallest absolute Gasteiger partial charge is 0.353 e. The molecule has 24 heavy (non-hydrogen) atoms. The Morgan fingerprint density at radius 1 is 1.08 bits per heavy atom. The van der Waals surface area contributed by atoms with Gasteiger partial charge in [-0.25, -0.2) is 14.8 Å². The van der Waals surface area contributed by atoms with Crippen molar-refractivity contribution in [2.24, 2.45) is 0 Å². The fraction of sp³-hybridized carbons (Fsp3) is 0.0556. The molecule has 2 heterocycles. The van der Waals surface area contributed by atoms with Crippen LogP contribution in [-0.4, -0.2) is 15.9 Å². The normalized spacial score (nSPS) is 11.1. The van der Waals surface area contributed by atoms with Gasteiger partial charge >= 0.3 is 5.97 Å². The predicted molar refractivity (Wildman–Crippen MR) is 98.8 cm³/mol. The number of ether oxygens (including phenoxy) is 1. The highest BCUT2D eigenvalue weighted by Gasteiger charge is 2.18. The lowest BCUT2D eigenvalue weighted by molar-refractivity contribution is 0.0740. The Hall–Kier alpha value is -2.31. The van der Waals surface area contributed by atoms with E-state index in [2.05, 4.69) is 25.9 Å². The van der Waals surface area contributed by atoms with Crippen LogP contribution in [0.2, 0.25) is 0 Å². The van der Waals surface area contributed by atoms with Gasteiger partial charge in [0.05, 0.1) is 11.0 Å². The number of carbonyl (C=O) groups is 1. The van der Waals surface area contributed by atoms with Crippen LogP contribution in [-0.2, 0) is 0 Å². The zero-order chi connectivity index (χ0) is 16.7. The first-order valence-corrected chi connectivity index (χ1v) is 8.92. The standard InChI is InChI=1S/C18H11BrN2O2S/c1-10-9-11(19)15-16(21-13-6-3-2-5-12(13)20-15)17(10)23-18(22)14-7-4-8-24-14/h2-9H,1H3. The molecule has 0 aliphatic carbocycles. The summed E-state index contributed by atoms with van der Waals surface area (Å²) in [6.45, 7) is 1.89. The topological polar surface area (TPSA) is 52.1 Å². The van der Waals surface area contributed by atoms with E-state index in [1.54, 1.807) is 6.07 Å². The molecular weight excluding hydrogens is 388 g/mol. The van der Waals surface area contributed by atoms with Gasteiger partial charge in [-0.1, -0.05) is 18.2 Å². The van der Waals surface area contributed by atoms with E-state index in [1.165, 1.54) is 11.3 Å². The van der Waals surface area contributed by atoms with Crippen LogP contribution in [0.25, 0.3) is 22.1 Å². The summed E-state index contributed by atoms with van der Waals surface area (Å²) in [6.07, 6.45) is 0. The van der Waals surface area contributed by atoms with E-state index in [-0.39, 0.29) is 5.97 Å². The lowest BCUT2D eigenvalue weighted by Gasteiger charge is -2.11. The van der Waals surface area contributed by atoms with E-state index < -0.39 is 0 Å². The van der Waals surface area contributed by atoms with Gasteiger partial charge in [0.2, 0.25) is 0 Å². The molecule has 2 aromatic carbocycles. The molecule has 118 valence electrons. The van der Waals surface area contributed by atoms with Crippen LogP contribution in [0, 0.1) is 6.92 Å². The average Bonchev–Trinajstić information content (AvgIpc) is 3.12. The summed E-state index contributed by atoms with van der Waals surface area (Å²) < 4.78 is 6.48. The Kier molecular flexibility index (Phi) is 3.78. The van der Waals surface area contributed by atoms with Crippen LogP contribution in [0.15, 0.2) is 52.3 Å². The highest BCUT2D eigenvalue weighted by atomic mass is 79.9. The van der Waals surface area contributed by atoms with Gasteiger partial charge < -0.3 is 4.74 Å². The summed E-state index contributed by atoms with van der Waals surface area (Å²) in [6, 6.07) is 13.1. The first kappa shape index (κ1) is 15.2. The fourth-order valence-corrected chi connectivity index (χ4v) is 3.72. The minimum absolute atomic E-state index is 0.383. The zero-order valence-corrected chi connectivity index (χ0v) is 15.0. The first-order chi connectivity index (χ1) is 11.6. The fourth-order valence-electron chi connectivity index (χ4n) is 2.50. The molecule has 2 aromatic heterocycles. The van der Waals surface area contributed by atoms with Gasteiger partial charge in [-0.05, 0) is 58.1 Å². The number of carbonyl (C=O) groups excluding carboxylic acids is 1. The Morgan fingerprint density at radius 2 is 1.79 bits per heavy atom. The van der Waals surface area contributed by atoms with Crippen LogP contribution in [0.4, 0.5) is 0 Å². The molecule has 4 rings (SSSR count). The number of rotatable bonds is 2. The molecule has 0 fully saturated rings. The van der Waals surface area contributed by atoms with Gasteiger partial charge in [-0.15, -0.1) is 11.3 Å². The summed E-state index contributed by atoms with van der Waals surface area (Å²) in [5, 5.41) is 1.84. The summed E-state index contributed by atoms with van der Waals surface area (Å²) in [7, 11) is 0. The van der Waals surface area contributed by atoms with Crippen molar-refractivity contribution in [2.75, 3.05) is 0 Å². The van der Waals surface area contributed by atoms with E-state index in [0.29, 0.717) is 21.7 Å². The highest BCUT2D eigenvalue weighted by Crippen LogP contribution is 2.34. The number of aryl methyl sites for hydroxylation is 1. The number of halogens is 1. The molecule has 0 aliphatic rings. The van der Waals surface area contributed by atoms with Gasteiger partial charge in [-0.3, -0.25) is 0 Å². The molecule has 4 nitrogen and oxygen atoms in total. The SMILES string of the molecule is Cc1cc(Br)c2nc3ccccc3nc2c1OC(=O)c1cccs1. The molecule has 6 heteroatoms. The molecule has 0 N–H and O–H groups in total. The number of fused-ring (bicyclic) bond motifs is 2. The second-order valence-corrected chi connectivity index (χ2v) is 7.08. The van der Waals surface area contributed by atoms with Gasteiger partial charge in [0.25, 0.3) is 0 Å². The van der Waals surface area contributed by atoms with Gasteiger partial charge in [0.15, 0.2) is 5.75 Å². The molecular formula is C18H11BrN2O2S. The molecule has 0 saturated heterocycles. The van der Waals surface area contributed by atoms with E-state index in [4.69, 9.17) is 4.74 Å². The van der Waals surface area contributed by atoms with Gasteiger partial charge in [0, 0.05) is 4.47 Å². The quantitative estimate of drug-likeness (QED) is 0.266. The lowest BCUT2D eigenvalue weighted by Crippen LogP contribution is -2.08. The lowest BCUT2D eigenvalue weighted by atomic mass is 10.1. The number of thiophene rings is 1. The Balaban J connectivity index is 1.93. The van der Waals surface area contributed by atoms with Crippen LogP contribution >= 0.6 is 27.3 Å². The average molecular weight is 399 g/mol. The number of para-hydroxylation sites is 2. The molecule has 0 spiro atoms. The second kappa shape index (κ2) is 5.96. The molecule has 0 atom stereocenters. The van der Waals surface area contributed by atoms with Crippen molar-refractivity contribution in [2.45, 2.75) is 6.92 Å². The number of esters is 1. The van der Waals surface area contributed by atoms with E-state index in [9.17, 15) is 4.79 Å². The zero-order valence-electron chi connectivity index (χ0n) is 12.6. The monoisotopic (exact) mass is 398 g/mol. The molecule has 0 bridgehead atoms. The Labute approximate surface area is 150 Å². The van der Waals surface area contributed by atoms with Crippen LogP contribution < -0.4 is 4.74 Å². The maximum atomic E-state index is 12.3. The van der Waals surface area contributed by atoms with Crippen LogP contribution in [0.1, 0.15) is 15.2 Å². The van der Waals surface area contributed by atoms with Gasteiger partial charge in [0.1, 0.15) is 15.9 Å². The minimum atomic E-state index is -0.383. The van der Waals surface area contributed by atoms with Crippen molar-refractivity contribution >= 4 is 55.3 Å². The van der Waals surface area contributed by atoms with E-state index in [1.807, 2.05) is 48.7 Å². The summed E-state index contributed by atoms with van der Waals surface area (Å²) in [4.78, 5) is 22.2. The minimum Gasteiger partial charge on any atom is -0.420 e. The van der Waals surface area contributed by atoms with Crippen molar-refractivity contribution in [1.82, 2.24) is 9.97 Å². The highest BCUT2D eigenvalue weighted by molar-refractivity contribution is 9.10. The number of nitrogens with zero attached hydrogens (tertiary/aromatic N) is 2. The number of aromatic nitrogens is 2. The Bertz CT molecular complexity index is 1080. The van der Waals surface area contributed by atoms with Gasteiger partial charge in [-0.2, -0.15) is 0 Å². The van der Waals surface area contributed by atoms with Crippen molar-refractivity contribution < 1.29 is 9.53 Å². The second-order valence-electron chi connectivity index (χ2n) is 5.28. The van der Waals surface area contributed by atoms with Crippen LogP contribution in [0.5, 0.6) is 5.75 Å². The third-order valence-corrected chi connectivity index (χ3v) is 5.08. The molecule has 0 saturated carbocycles. The van der Waals surface area contributed by atoms with Crippen molar-refractivity contribution in [3.05, 3.63) is 62.8 Å². The summed E-state index contributed by atoms with van der Waals surface area (Å²) in [5.74, 6) is 0.0662. The van der Waals surface area contributed by atoms with E-state index >= 15 is 0 Å². The number of hydrogen-bond donors (Lipinski definition) is 0.